The van der Waals surface area contributed by atoms with Gasteiger partial charge in [0.1, 0.15) is 0 Å². The van der Waals surface area contributed by atoms with Crippen molar-refractivity contribution in [2.45, 2.75) is 63.6 Å². The van der Waals surface area contributed by atoms with E-state index in [0.717, 1.165) is 12.8 Å². The SMILES string of the molecule is CC(C)N(C(=O)COC(=O)c1cccc(S(=O)(=O)NC2CC2)c1)C(C)C. The summed E-state index contributed by atoms with van der Waals surface area (Å²) >= 11 is 0. The van der Waals surface area contributed by atoms with Gasteiger partial charge in [0.15, 0.2) is 6.61 Å². The molecule has 1 aliphatic rings. The molecule has 8 heteroatoms. The fourth-order valence-electron chi connectivity index (χ4n) is 2.74. The average Bonchev–Trinajstić information content (AvgIpc) is 3.35. The van der Waals surface area contributed by atoms with Crippen molar-refractivity contribution in [1.82, 2.24) is 9.62 Å². The van der Waals surface area contributed by atoms with Crippen molar-refractivity contribution in [1.29, 1.82) is 0 Å². The maximum absolute atomic E-state index is 12.3. The summed E-state index contributed by atoms with van der Waals surface area (Å²) in [6.45, 7) is 7.18. The van der Waals surface area contributed by atoms with Crippen molar-refractivity contribution < 1.29 is 22.7 Å². The van der Waals surface area contributed by atoms with Gasteiger partial charge in [0.25, 0.3) is 5.91 Å². The van der Waals surface area contributed by atoms with Gasteiger partial charge in [-0.05, 0) is 58.7 Å². The number of carbonyl (C=O) groups is 2. The zero-order valence-electron chi connectivity index (χ0n) is 15.6. The highest BCUT2D eigenvalue weighted by molar-refractivity contribution is 7.89. The molecule has 0 aliphatic heterocycles. The Labute approximate surface area is 154 Å². The first-order chi connectivity index (χ1) is 12.1. The Morgan fingerprint density at radius 3 is 2.35 bits per heavy atom. The van der Waals surface area contributed by atoms with Crippen LogP contribution in [0, 0.1) is 0 Å². The topological polar surface area (TPSA) is 92.8 Å². The predicted octanol–water partition coefficient (Wildman–Crippen LogP) is 1.93. The van der Waals surface area contributed by atoms with Gasteiger partial charge in [-0.1, -0.05) is 6.07 Å². The first-order valence-corrected chi connectivity index (χ1v) is 10.2. The summed E-state index contributed by atoms with van der Waals surface area (Å²) in [6.07, 6.45) is 1.65. The molecule has 0 spiro atoms. The van der Waals surface area contributed by atoms with Gasteiger partial charge in [-0.15, -0.1) is 0 Å². The minimum atomic E-state index is -3.65. The summed E-state index contributed by atoms with van der Waals surface area (Å²) in [7, 11) is -3.65. The molecular weight excluding hydrogens is 356 g/mol. The van der Waals surface area contributed by atoms with Crippen molar-refractivity contribution in [2.24, 2.45) is 0 Å². The van der Waals surface area contributed by atoms with E-state index < -0.39 is 16.0 Å². The van der Waals surface area contributed by atoms with Crippen LogP contribution in [0.3, 0.4) is 0 Å². The second kappa shape index (κ2) is 8.18. The first-order valence-electron chi connectivity index (χ1n) is 8.72. The summed E-state index contributed by atoms with van der Waals surface area (Å²) < 4.78 is 32.1. The number of carbonyl (C=O) groups excluding carboxylic acids is 2. The first kappa shape index (κ1) is 20.4. The number of rotatable bonds is 8. The smallest absolute Gasteiger partial charge is 0.338 e. The molecule has 1 aromatic carbocycles. The van der Waals surface area contributed by atoms with E-state index in [1.807, 2.05) is 27.7 Å². The van der Waals surface area contributed by atoms with Crippen LogP contribution in [0.2, 0.25) is 0 Å². The van der Waals surface area contributed by atoms with Gasteiger partial charge in [0, 0.05) is 18.1 Å². The van der Waals surface area contributed by atoms with Crippen LogP contribution in [0.4, 0.5) is 0 Å². The number of sulfonamides is 1. The molecule has 144 valence electrons. The minimum Gasteiger partial charge on any atom is -0.452 e. The quantitative estimate of drug-likeness (QED) is 0.694. The predicted molar refractivity (Wildman–Crippen MR) is 97.2 cm³/mol. The molecule has 0 aromatic heterocycles. The maximum atomic E-state index is 12.3. The van der Waals surface area contributed by atoms with Crippen molar-refractivity contribution in [3.63, 3.8) is 0 Å². The van der Waals surface area contributed by atoms with E-state index in [4.69, 9.17) is 4.74 Å². The molecule has 1 amide bonds. The van der Waals surface area contributed by atoms with Crippen molar-refractivity contribution >= 4 is 21.9 Å². The van der Waals surface area contributed by atoms with Crippen molar-refractivity contribution in [3.05, 3.63) is 29.8 Å². The summed E-state index contributed by atoms with van der Waals surface area (Å²) in [5.41, 5.74) is 0.0946. The molecule has 0 saturated heterocycles. The molecule has 0 unspecified atom stereocenters. The number of hydrogen-bond acceptors (Lipinski definition) is 5. The lowest BCUT2D eigenvalue weighted by molar-refractivity contribution is -0.138. The van der Waals surface area contributed by atoms with Crippen LogP contribution >= 0.6 is 0 Å². The van der Waals surface area contributed by atoms with Crippen molar-refractivity contribution in [2.75, 3.05) is 6.61 Å². The Kier molecular flexibility index (Phi) is 6.41. The molecular formula is C18H26N2O5S. The second-order valence-corrected chi connectivity index (χ2v) is 8.70. The van der Waals surface area contributed by atoms with E-state index in [1.165, 1.54) is 24.3 Å². The number of ether oxygens (including phenoxy) is 1. The maximum Gasteiger partial charge on any atom is 0.338 e. The Morgan fingerprint density at radius 1 is 1.19 bits per heavy atom. The van der Waals surface area contributed by atoms with Gasteiger partial charge < -0.3 is 9.64 Å². The molecule has 0 atom stereocenters. The van der Waals surface area contributed by atoms with Crippen molar-refractivity contribution in [3.8, 4) is 0 Å². The molecule has 1 N–H and O–H groups in total. The van der Waals surface area contributed by atoms with E-state index in [-0.39, 0.29) is 41.1 Å². The highest BCUT2D eigenvalue weighted by Crippen LogP contribution is 2.22. The number of hydrogen-bond donors (Lipinski definition) is 1. The fraction of sp³-hybridized carbons (Fsp3) is 0.556. The van der Waals surface area contributed by atoms with Crippen LogP contribution in [0.15, 0.2) is 29.2 Å². The molecule has 1 aromatic rings. The average molecular weight is 382 g/mol. The summed E-state index contributed by atoms with van der Waals surface area (Å²) in [5.74, 6) is -1.02. The Bertz CT molecular complexity index is 762. The van der Waals surface area contributed by atoms with E-state index in [0.29, 0.717) is 0 Å². The van der Waals surface area contributed by atoms with Gasteiger partial charge in [-0.2, -0.15) is 0 Å². The number of nitrogens with one attached hydrogen (secondary N) is 1. The normalized spacial score (nSPS) is 14.5. The minimum absolute atomic E-state index is 0.0103. The molecule has 0 bridgehead atoms. The third kappa shape index (κ3) is 5.28. The Hall–Kier alpha value is -1.93. The Morgan fingerprint density at radius 2 is 1.81 bits per heavy atom. The van der Waals surface area contributed by atoms with Gasteiger partial charge in [-0.25, -0.2) is 17.9 Å². The highest BCUT2D eigenvalue weighted by atomic mass is 32.2. The summed E-state index contributed by atoms with van der Waals surface area (Å²) in [4.78, 5) is 26.1. The second-order valence-electron chi connectivity index (χ2n) is 6.99. The van der Waals surface area contributed by atoms with Gasteiger partial charge >= 0.3 is 5.97 Å². The van der Waals surface area contributed by atoms with E-state index >= 15 is 0 Å². The molecule has 1 fully saturated rings. The van der Waals surface area contributed by atoms with Gasteiger partial charge in [-0.3, -0.25) is 4.79 Å². The van der Waals surface area contributed by atoms with E-state index in [2.05, 4.69) is 4.72 Å². The Balaban J connectivity index is 2.03. The number of amides is 1. The zero-order chi connectivity index (χ0) is 19.5. The molecule has 7 nitrogen and oxygen atoms in total. The van der Waals surface area contributed by atoms with Gasteiger partial charge in [0.2, 0.25) is 10.0 Å². The van der Waals surface area contributed by atoms with Gasteiger partial charge in [0.05, 0.1) is 10.5 Å². The fourth-order valence-corrected chi connectivity index (χ4v) is 4.09. The van der Waals surface area contributed by atoms with Crippen LogP contribution in [0.1, 0.15) is 50.9 Å². The van der Waals surface area contributed by atoms with Crippen LogP contribution in [-0.2, 0) is 19.6 Å². The number of benzene rings is 1. The molecule has 26 heavy (non-hydrogen) atoms. The van der Waals surface area contributed by atoms with Crippen LogP contribution < -0.4 is 4.72 Å². The monoisotopic (exact) mass is 382 g/mol. The molecule has 0 radical (unpaired) electrons. The molecule has 2 rings (SSSR count). The third-order valence-electron chi connectivity index (χ3n) is 4.01. The lowest BCUT2D eigenvalue weighted by Crippen LogP contribution is -2.44. The largest absolute Gasteiger partial charge is 0.452 e. The highest BCUT2D eigenvalue weighted by Gasteiger charge is 2.28. The lowest BCUT2D eigenvalue weighted by atomic mass is 10.2. The van der Waals surface area contributed by atoms with Crippen LogP contribution in [0.5, 0.6) is 0 Å². The van der Waals surface area contributed by atoms with Crippen LogP contribution in [0.25, 0.3) is 0 Å². The molecule has 1 saturated carbocycles. The summed E-state index contributed by atoms with van der Waals surface area (Å²) in [6, 6.07) is 5.59. The summed E-state index contributed by atoms with van der Waals surface area (Å²) in [5, 5.41) is 0. The zero-order valence-corrected chi connectivity index (χ0v) is 16.4. The van der Waals surface area contributed by atoms with Crippen LogP contribution in [-0.4, -0.2) is 49.9 Å². The molecule has 1 aliphatic carbocycles. The van der Waals surface area contributed by atoms with E-state index in [9.17, 15) is 18.0 Å². The standard InChI is InChI=1S/C18H26N2O5S/c1-12(2)20(13(3)4)17(21)11-25-18(22)14-6-5-7-16(10-14)26(23,24)19-15-8-9-15/h5-7,10,12-13,15,19H,8-9,11H2,1-4H3. The third-order valence-corrected chi connectivity index (χ3v) is 5.52. The number of nitrogens with zero attached hydrogens (tertiary/aromatic N) is 1. The lowest BCUT2D eigenvalue weighted by Gasteiger charge is -2.30. The van der Waals surface area contributed by atoms with E-state index in [1.54, 1.807) is 4.90 Å². The number of esters is 1. The molecule has 0 heterocycles.